The Kier molecular flexibility index (Phi) is 4.64. The Balaban J connectivity index is 1.44. The summed E-state index contributed by atoms with van der Waals surface area (Å²) in [6.45, 7) is 2.33. The number of carbonyl (C=O) groups excluding carboxylic acids is 1. The molecule has 7 heteroatoms. The quantitative estimate of drug-likeness (QED) is 0.755. The van der Waals surface area contributed by atoms with Gasteiger partial charge in [-0.25, -0.2) is 0 Å². The van der Waals surface area contributed by atoms with Crippen molar-refractivity contribution < 1.29 is 19.0 Å². The molecule has 0 bridgehead atoms. The van der Waals surface area contributed by atoms with Gasteiger partial charge in [-0.15, -0.1) is 0 Å². The highest BCUT2D eigenvalue weighted by atomic mass is 16.7. The third-order valence-corrected chi connectivity index (χ3v) is 4.65. The molecule has 1 saturated heterocycles. The number of amides is 1. The molecule has 0 saturated carbocycles. The van der Waals surface area contributed by atoms with Gasteiger partial charge in [0.2, 0.25) is 6.79 Å². The van der Waals surface area contributed by atoms with Crippen molar-refractivity contribution >= 4 is 5.91 Å². The zero-order valence-corrected chi connectivity index (χ0v) is 14.5. The minimum atomic E-state index is -0.143. The van der Waals surface area contributed by atoms with E-state index in [0.717, 1.165) is 35.7 Å². The number of hydrazine groups is 1. The molecule has 3 N–H and O–H groups in total. The standard InChI is InChI=1S/C19H21N3O4/c1-24-17-7-13(3-4-15(17)14-9-21-22-10-14)19(23)20-8-12-2-5-16-18(6-12)26-11-25-16/h2-7,14,21-22H,8-11H2,1H3,(H,20,23). The molecular formula is C19H21N3O4. The molecule has 4 rings (SSSR count). The molecule has 1 fully saturated rings. The fourth-order valence-electron chi connectivity index (χ4n) is 3.21. The maximum absolute atomic E-state index is 12.5. The second kappa shape index (κ2) is 7.23. The van der Waals surface area contributed by atoms with Gasteiger partial charge in [0.25, 0.3) is 5.91 Å². The van der Waals surface area contributed by atoms with Gasteiger partial charge in [-0.3, -0.25) is 15.6 Å². The molecule has 2 aromatic rings. The molecule has 0 aromatic heterocycles. The summed E-state index contributed by atoms with van der Waals surface area (Å²) in [5.41, 5.74) is 8.85. The number of ether oxygens (including phenoxy) is 3. The first-order valence-corrected chi connectivity index (χ1v) is 8.55. The summed E-state index contributed by atoms with van der Waals surface area (Å²) in [5.74, 6) is 2.36. The van der Waals surface area contributed by atoms with Crippen molar-refractivity contribution in [3.63, 3.8) is 0 Å². The Morgan fingerprint density at radius 1 is 1.15 bits per heavy atom. The molecule has 0 radical (unpaired) electrons. The van der Waals surface area contributed by atoms with Crippen molar-refractivity contribution in [1.82, 2.24) is 16.2 Å². The van der Waals surface area contributed by atoms with E-state index in [-0.39, 0.29) is 12.7 Å². The van der Waals surface area contributed by atoms with Gasteiger partial charge in [-0.05, 0) is 35.4 Å². The molecule has 2 aliphatic heterocycles. The number of rotatable bonds is 5. The summed E-state index contributed by atoms with van der Waals surface area (Å²) < 4.78 is 16.2. The van der Waals surface area contributed by atoms with Crippen LogP contribution >= 0.6 is 0 Å². The summed E-state index contributed by atoms with van der Waals surface area (Å²) in [6, 6.07) is 11.2. The second-order valence-electron chi connectivity index (χ2n) is 6.29. The van der Waals surface area contributed by atoms with Gasteiger partial charge in [0.1, 0.15) is 5.75 Å². The third kappa shape index (κ3) is 3.31. The van der Waals surface area contributed by atoms with Crippen LogP contribution < -0.4 is 30.4 Å². The van der Waals surface area contributed by atoms with E-state index in [2.05, 4.69) is 16.2 Å². The van der Waals surface area contributed by atoms with Crippen LogP contribution in [0.4, 0.5) is 0 Å². The number of methoxy groups -OCH3 is 1. The Bertz CT molecular complexity index is 818. The Morgan fingerprint density at radius 3 is 2.77 bits per heavy atom. The van der Waals surface area contributed by atoms with Gasteiger partial charge in [0, 0.05) is 31.1 Å². The predicted molar refractivity (Wildman–Crippen MR) is 95.5 cm³/mol. The van der Waals surface area contributed by atoms with Crippen LogP contribution in [0.3, 0.4) is 0 Å². The highest BCUT2D eigenvalue weighted by Crippen LogP contribution is 2.32. The monoisotopic (exact) mass is 355 g/mol. The van der Waals surface area contributed by atoms with Crippen LogP contribution in [0.15, 0.2) is 36.4 Å². The number of nitrogens with one attached hydrogen (secondary N) is 3. The topological polar surface area (TPSA) is 80.9 Å². The zero-order valence-electron chi connectivity index (χ0n) is 14.5. The lowest BCUT2D eigenvalue weighted by atomic mass is 9.97. The van der Waals surface area contributed by atoms with E-state index < -0.39 is 0 Å². The SMILES string of the molecule is COc1cc(C(=O)NCc2ccc3c(c2)OCO3)ccc1C1CNNC1. The normalized spacial score (nSPS) is 15.9. The van der Waals surface area contributed by atoms with Gasteiger partial charge in [0.15, 0.2) is 11.5 Å². The molecular weight excluding hydrogens is 334 g/mol. The third-order valence-electron chi connectivity index (χ3n) is 4.65. The second-order valence-corrected chi connectivity index (χ2v) is 6.29. The zero-order chi connectivity index (χ0) is 17.9. The molecule has 1 amide bonds. The molecule has 0 atom stereocenters. The summed E-state index contributed by atoms with van der Waals surface area (Å²) in [7, 11) is 1.63. The van der Waals surface area contributed by atoms with Crippen LogP contribution in [0.2, 0.25) is 0 Å². The van der Waals surface area contributed by atoms with Crippen LogP contribution in [0.5, 0.6) is 17.2 Å². The predicted octanol–water partition coefficient (Wildman–Crippen LogP) is 1.55. The van der Waals surface area contributed by atoms with Gasteiger partial charge in [-0.1, -0.05) is 12.1 Å². The first-order valence-electron chi connectivity index (χ1n) is 8.55. The van der Waals surface area contributed by atoms with E-state index in [1.807, 2.05) is 30.3 Å². The van der Waals surface area contributed by atoms with Gasteiger partial charge in [-0.2, -0.15) is 0 Å². The van der Waals surface area contributed by atoms with E-state index >= 15 is 0 Å². The molecule has 0 aliphatic carbocycles. The number of carbonyl (C=O) groups is 1. The molecule has 26 heavy (non-hydrogen) atoms. The van der Waals surface area contributed by atoms with Crippen LogP contribution in [-0.2, 0) is 6.54 Å². The fourth-order valence-corrected chi connectivity index (χ4v) is 3.21. The average molecular weight is 355 g/mol. The van der Waals surface area contributed by atoms with Crippen LogP contribution in [0.25, 0.3) is 0 Å². The van der Waals surface area contributed by atoms with Crippen molar-refractivity contribution in [3.05, 3.63) is 53.1 Å². The van der Waals surface area contributed by atoms with Crippen LogP contribution in [-0.4, -0.2) is 32.9 Å². The molecule has 2 aromatic carbocycles. The van der Waals surface area contributed by atoms with Crippen molar-refractivity contribution in [2.45, 2.75) is 12.5 Å². The maximum Gasteiger partial charge on any atom is 0.251 e. The summed E-state index contributed by atoms with van der Waals surface area (Å²) >= 11 is 0. The Labute approximate surface area is 151 Å². The molecule has 7 nitrogen and oxygen atoms in total. The molecule has 2 heterocycles. The first kappa shape index (κ1) is 16.7. The van der Waals surface area contributed by atoms with Crippen molar-refractivity contribution in [3.8, 4) is 17.2 Å². The van der Waals surface area contributed by atoms with E-state index in [1.54, 1.807) is 13.2 Å². The molecule has 2 aliphatic rings. The van der Waals surface area contributed by atoms with Gasteiger partial charge in [0.05, 0.1) is 7.11 Å². The first-order chi connectivity index (χ1) is 12.7. The lowest BCUT2D eigenvalue weighted by Crippen LogP contribution is -2.23. The minimum absolute atomic E-state index is 0.143. The summed E-state index contributed by atoms with van der Waals surface area (Å²) in [5, 5.41) is 2.93. The van der Waals surface area contributed by atoms with Crippen molar-refractivity contribution in [1.29, 1.82) is 0 Å². The number of hydrogen-bond donors (Lipinski definition) is 3. The van der Waals surface area contributed by atoms with Crippen molar-refractivity contribution in [2.75, 3.05) is 27.0 Å². The fraction of sp³-hybridized carbons (Fsp3) is 0.316. The Morgan fingerprint density at radius 2 is 1.96 bits per heavy atom. The molecule has 136 valence electrons. The smallest absolute Gasteiger partial charge is 0.251 e. The van der Waals surface area contributed by atoms with E-state index in [1.165, 1.54) is 0 Å². The van der Waals surface area contributed by atoms with Crippen LogP contribution in [0.1, 0.15) is 27.4 Å². The molecule has 0 spiro atoms. The minimum Gasteiger partial charge on any atom is -0.496 e. The van der Waals surface area contributed by atoms with Gasteiger partial charge < -0.3 is 19.5 Å². The lowest BCUT2D eigenvalue weighted by molar-refractivity contribution is 0.0950. The summed E-state index contributed by atoms with van der Waals surface area (Å²) in [4.78, 5) is 12.5. The number of hydrogen-bond acceptors (Lipinski definition) is 6. The van der Waals surface area contributed by atoms with E-state index in [9.17, 15) is 4.79 Å². The largest absolute Gasteiger partial charge is 0.496 e. The maximum atomic E-state index is 12.5. The van der Waals surface area contributed by atoms with Crippen molar-refractivity contribution in [2.24, 2.45) is 0 Å². The van der Waals surface area contributed by atoms with E-state index in [4.69, 9.17) is 14.2 Å². The summed E-state index contributed by atoms with van der Waals surface area (Å²) in [6.07, 6.45) is 0. The lowest BCUT2D eigenvalue weighted by Gasteiger charge is -2.15. The van der Waals surface area contributed by atoms with E-state index in [0.29, 0.717) is 23.8 Å². The highest BCUT2D eigenvalue weighted by Gasteiger charge is 2.21. The van der Waals surface area contributed by atoms with Crippen LogP contribution in [0, 0.1) is 0 Å². The number of benzene rings is 2. The Hall–Kier alpha value is -2.77. The molecule has 0 unspecified atom stereocenters. The van der Waals surface area contributed by atoms with Gasteiger partial charge >= 0.3 is 0 Å². The number of fused-ring (bicyclic) bond motifs is 1. The highest BCUT2D eigenvalue weighted by molar-refractivity contribution is 5.94. The average Bonchev–Trinajstić information content (AvgIpc) is 3.36.